The number of phenolic OH excluding ortho intramolecular Hbond substituents is 1. The van der Waals surface area contributed by atoms with Crippen molar-refractivity contribution in [1.29, 1.82) is 0 Å². The number of para-hydroxylation sites is 1. The van der Waals surface area contributed by atoms with Crippen LogP contribution in [0.1, 0.15) is 38.2 Å². The maximum Gasteiger partial charge on any atom is 0.138 e. The van der Waals surface area contributed by atoms with Gasteiger partial charge in [-0.1, -0.05) is 32.4 Å². The second kappa shape index (κ2) is 4.17. The number of phenols is 1. The third kappa shape index (κ3) is 2.14. The lowest BCUT2D eigenvalue weighted by atomic mass is 9.95. The number of benzene rings is 1. The normalized spacial score (nSPS) is 12.8. The number of nitrogens with two attached hydrogens (primary N) is 1. The third-order valence-electron chi connectivity index (χ3n) is 2.37. The van der Waals surface area contributed by atoms with Gasteiger partial charge in [0.2, 0.25) is 0 Å². The molecule has 1 atom stereocenters. The minimum absolute atomic E-state index is 0.195. The van der Waals surface area contributed by atoms with E-state index >= 15 is 0 Å². The second-order valence-electron chi connectivity index (χ2n) is 3.47. The number of hydrogen-bond acceptors (Lipinski definition) is 2. The Labute approximate surface area is 79.4 Å². The van der Waals surface area contributed by atoms with E-state index in [1.165, 1.54) is 0 Å². The molecule has 0 aliphatic carbocycles. The van der Waals surface area contributed by atoms with Gasteiger partial charge in [0.25, 0.3) is 0 Å². The molecule has 72 valence electrons. The average molecular weight is 179 g/mol. The zero-order valence-electron chi connectivity index (χ0n) is 8.25. The first-order valence-electron chi connectivity index (χ1n) is 4.74. The highest BCUT2D eigenvalue weighted by molar-refractivity contribution is 5.58. The zero-order chi connectivity index (χ0) is 9.84. The van der Waals surface area contributed by atoms with Crippen molar-refractivity contribution in [2.45, 2.75) is 32.6 Å². The Morgan fingerprint density at radius 3 is 2.77 bits per heavy atom. The Kier molecular flexibility index (Phi) is 3.18. The van der Waals surface area contributed by atoms with Crippen LogP contribution in [-0.2, 0) is 0 Å². The molecule has 13 heavy (non-hydrogen) atoms. The molecule has 2 nitrogen and oxygen atoms in total. The van der Waals surface area contributed by atoms with Gasteiger partial charge < -0.3 is 10.8 Å². The first kappa shape index (κ1) is 9.90. The van der Waals surface area contributed by atoms with E-state index < -0.39 is 0 Å². The summed E-state index contributed by atoms with van der Waals surface area (Å²) in [5.41, 5.74) is 7.35. The molecule has 2 heteroatoms. The molecule has 1 aromatic rings. The Bertz CT molecular complexity index is 283. The average Bonchev–Trinajstić information content (AvgIpc) is 2.10. The summed E-state index contributed by atoms with van der Waals surface area (Å²) >= 11 is 0. The molecule has 1 aromatic carbocycles. The molecule has 0 spiro atoms. The molecular formula is C11H17NO. The van der Waals surface area contributed by atoms with E-state index in [0.717, 1.165) is 18.4 Å². The van der Waals surface area contributed by atoms with Gasteiger partial charge in [-0.05, 0) is 24.0 Å². The van der Waals surface area contributed by atoms with Crippen LogP contribution in [0.5, 0.6) is 5.75 Å². The van der Waals surface area contributed by atoms with Crippen molar-refractivity contribution >= 4 is 5.69 Å². The first-order chi connectivity index (χ1) is 6.16. The van der Waals surface area contributed by atoms with Crippen LogP contribution in [0.2, 0.25) is 0 Å². The summed E-state index contributed by atoms with van der Waals surface area (Å²) in [6.07, 6.45) is 2.24. The predicted octanol–water partition coefficient (Wildman–Crippen LogP) is 2.88. The van der Waals surface area contributed by atoms with Crippen molar-refractivity contribution < 1.29 is 5.11 Å². The molecule has 0 saturated heterocycles. The molecule has 0 amide bonds. The molecule has 0 fully saturated rings. The van der Waals surface area contributed by atoms with Crippen molar-refractivity contribution in [1.82, 2.24) is 0 Å². The minimum atomic E-state index is 0.195. The highest BCUT2D eigenvalue weighted by atomic mass is 16.3. The van der Waals surface area contributed by atoms with E-state index in [4.69, 9.17) is 5.73 Å². The van der Waals surface area contributed by atoms with E-state index in [2.05, 4.69) is 13.8 Å². The fraction of sp³-hybridized carbons (Fsp3) is 0.455. The van der Waals surface area contributed by atoms with Crippen molar-refractivity contribution in [2.24, 2.45) is 0 Å². The summed E-state index contributed by atoms with van der Waals surface area (Å²) in [5.74, 6) is 0.623. The van der Waals surface area contributed by atoms with Crippen LogP contribution < -0.4 is 5.73 Å². The number of nitrogen functional groups attached to an aromatic ring is 1. The molecular weight excluding hydrogens is 162 g/mol. The standard InChI is InChI=1S/C11H17NO/c1-3-5-8(2)9-6-4-7-10(13)11(9)12/h4,6-8,13H,3,5,12H2,1-2H3. The minimum Gasteiger partial charge on any atom is -0.506 e. The lowest BCUT2D eigenvalue weighted by Crippen LogP contribution is -1.99. The molecule has 0 radical (unpaired) electrons. The molecule has 0 bridgehead atoms. The molecule has 0 aromatic heterocycles. The maximum absolute atomic E-state index is 9.39. The van der Waals surface area contributed by atoms with Gasteiger partial charge in [-0.2, -0.15) is 0 Å². The third-order valence-corrected chi connectivity index (χ3v) is 2.37. The van der Waals surface area contributed by atoms with Crippen molar-refractivity contribution in [3.8, 4) is 5.75 Å². The van der Waals surface area contributed by atoms with Crippen molar-refractivity contribution in [3.05, 3.63) is 23.8 Å². The largest absolute Gasteiger partial charge is 0.506 e. The maximum atomic E-state index is 9.39. The topological polar surface area (TPSA) is 46.2 Å². The lowest BCUT2D eigenvalue weighted by Gasteiger charge is -2.13. The van der Waals surface area contributed by atoms with E-state index in [-0.39, 0.29) is 5.75 Å². The van der Waals surface area contributed by atoms with Crippen LogP contribution in [0, 0.1) is 0 Å². The van der Waals surface area contributed by atoms with Gasteiger partial charge in [-0.3, -0.25) is 0 Å². The van der Waals surface area contributed by atoms with Crippen LogP contribution in [0.25, 0.3) is 0 Å². The van der Waals surface area contributed by atoms with Gasteiger partial charge in [0, 0.05) is 0 Å². The summed E-state index contributed by atoms with van der Waals surface area (Å²) in [6.45, 7) is 4.28. The Hall–Kier alpha value is -1.18. The van der Waals surface area contributed by atoms with E-state index in [1.807, 2.05) is 12.1 Å². The predicted molar refractivity (Wildman–Crippen MR) is 55.8 cm³/mol. The van der Waals surface area contributed by atoms with Crippen LogP contribution in [-0.4, -0.2) is 5.11 Å². The summed E-state index contributed by atoms with van der Waals surface area (Å²) in [5, 5.41) is 9.39. The van der Waals surface area contributed by atoms with E-state index in [9.17, 15) is 5.11 Å². The summed E-state index contributed by atoms with van der Waals surface area (Å²) in [4.78, 5) is 0. The lowest BCUT2D eigenvalue weighted by molar-refractivity contribution is 0.476. The smallest absolute Gasteiger partial charge is 0.138 e. The fourth-order valence-electron chi connectivity index (χ4n) is 1.59. The van der Waals surface area contributed by atoms with Gasteiger partial charge in [0.05, 0.1) is 5.69 Å². The molecule has 1 rings (SSSR count). The van der Waals surface area contributed by atoms with Crippen LogP contribution in [0.4, 0.5) is 5.69 Å². The number of hydrogen-bond donors (Lipinski definition) is 2. The first-order valence-corrected chi connectivity index (χ1v) is 4.74. The highest BCUT2D eigenvalue weighted by Gasteiger charge is 2.09. The van der Waals surface area contributed by atoms with E-state index in [1.54, 1.807) is 6.07 Å². The number of anilines is 1. The number of aromatic hydroxyl groups is 1. The van der Waals surface area contributed by atoms with Gasteiger partial charge in [-0.25, -0.2) is 0 Å². The number of rotatable bonds is 3. The van der Waals surface area contributed by atoms with Crippen LogP contribution in [0.3, 0.4) is 0 Å². The van der Waals surface area contributed by atoms with Crippen LogP contribution >= 0.6 is 0 Å². The second-order valence-corrected chi connectivity index (χ2v) is 3.47. The summed E-state index contributed by atoms with van der Waals surface area (Å²) in [7, 11) is 0. The van der Waals surface area contributed by atoms with Crippen molar-refractivity contribution in [3.63, 3.8) is 0 Å². The van der Waals surface area contributed by atoms with Crippen LogP contribution in [0.15, 0.2) is 18.2 Å². The summed E-state index contributed by atoms with van der Waals surface area (Å²) in [6, 6.07) is 5.44. The molecule has 0 saturated carbocycles. The molecule has 1 unspecified atom stereocenters. The zero-order valence-corrected chi connectivity index (χ0v) is 8.25. The molecule has 3 N–H and O–H groups in total. The molecule has 0 heterocycles. The quantitative estimate of drug-likeness (QED) is 0.553. The Balaban J connectivity index is 2.93. The monoisotopic (exact) mass is 179 g/mol. The fourth-order valence-corrected chi connectivity index (χ4v) is 1.59. The van der Waals surface area contributed by atoms with E-state index in [0.29, 0.717) is 11.6 Å². The Morgan fingerprint density at radius 1 is 1.46 bits per heavy atom. The Morgan fingerprint density at radius 2 is 2.15 bits per heavy atom. The molecule has 0 aliphatic heterocycles. The summed E-state index contributed by atoms with van der Waals surface area (Å²) < 4.78 is 0. The van der Waals surface area contributed by atoms with Gasteiger partial charge in [-0.15, -0.1) is 0 Å². The van der Waals surface area contributed by atoms with Gasteiger partial charge in [0.15, 0.2) is 0 Å². The van der Waals surface area contributed by atoms with Crippen molar-refractivity contribution in [2.75, 3.05) is 5.73 Å². The van der Waals surface area contributed by atoms with Gasteiger partial charge in [0.1, 0.15) is 5.75 Å². The van der Waals surface area contributed by atoms with Gasteiger partial charge >= 0.3 is 0 Å². The highest BCUT2D eigenvalue weighted by Crippen LogP contribution is 2.31. The molecule has 0 aliphatic rings. The SMILES string of the molecule is CCCC(C)c1cccc(O)c1N.